The predicted octanol–water partition coefficient (Wildman–Crippen LogP) is 4.20. The van der Waals surface area contributed by atoms with Crippen molar-refractivity contribution in [1.29, 1.82) is 0 Å². The van der Waals surface area contributed by atoms with Gasteiger partial charge in [0.05, 0.1) is 6.04 Å². The summed E-state index contributed by atoms with van der Waals surface area (Å²) in [4.78, 5) is 33.3. The summed E-state index contributed by atoms with van der Waals surface area (Å²) in [5.41, 5.74) is -0.340. The topological polar surface area (TPSA) is 106 Å². The number of cyclic esters (lactones) is 1. The molecular weight excluding hydrogens is 458 g/mol. The zero-order chi connectivity index (χ0) is 24.5. The summed E-state index contributed by atoms with van der Waals surface area (Å²) in [5.74, 6) is 0.654. The average Bonchev–Trinajstić information content (AvgIpc) is 3.20. The number of pyridine rings is 1. The molecule has 0 saturated carbocycles. The van der Waals surface area contributed by atoms with Gasteiger partial charge in [0.2, 0.25) is 5.95 Å². The van der Waals surface area contributed by atoms with Crippen LogP contribution in [0, 0.1) is 0 Å². The molecule has 1 amide bonds. The summed E-state index contributed by atoms with van der Waals surface area (Å²) in [6, 6.07) is 2.54. The van der Waals surface area contributed by atoms with E-state index in [9.17, 15) is 22.4 Å². The average molecular weight is 477 g/mol. The number of nitrogens with zero attached hydrogens (tertiary/aromatic N) is 6. The molecule has 1 aliphatic heterocycles. The van der Waals surface area contributed by atoms with Crippen LogP contribution >= 0.6 is 0 Å². The van der Waals surface area contributed by atoms with Gasteiger partial charge in [-0.05, 0) is 37.6 Å². The number of rotatable bonds is 6. The van der Waals surface area contributed by atoms with Crippen molar-refractivity contribution in [3.63, 3.8) is 0 Å². The molecule has 1 N–H and O–H groups in total. The number of carbonyl (C=O) groups is 1. The number of amides is 1. The molecule has 1 fully saturated rings. The minimum Gasteiger partial charge on any atom is -0.447 e. The Bertz CT molecular complexity index is 1170. The summed E-state index contributed by atoms with van der Waals surface area (Å²) >= 11 is 0. The quantitative estimate of drug-likeness (QED) is 0.527. The molecule has 0 radical (unpaired) electrons. The Kier molecular flexibility index (Phi) is 6.26. The van der Waals surface area contributed by atoms with Crippen molar-refractivity contribution in [2.75, 3.05) is 16.8 Å². The van der Waals surface area contributed by atoms with Gasteiger partial charge in [-0.2, -0.15) is 18.2 Å². The minimum absolute atomic E-state index is 0.0816. The van der Waals surface area contributed by atoms with E-state index in [4.69, 9.17) is 4.74 Å². The van der Waals surface area contributed by atoms with Crippen LogP contribution in [0.4, 0.5) is 34.1 Å². The number of alkyl halides is 4. The highest BCUT2D eigenvalue weighted by atomic mass is 19.4. The molecule has 0 aliphatic carbocycles. The largest absolute Gasteiger partial charge is 0.447 e. The second kappa shape index (κ2) is 9.15. The fraction of sp³-hybridized carbons (Fsp3) is 0.333. The first kappa shape index (κ1) is 23.3. The van der Waals surface area contributed by atoms with E-state index in [0.717, 1.165) is 17.2 Å². The van der Waals surface area contributed by atoms with Gasteiger partial charge >= 0.3 is 12.3 Å². The summed E-state index contributed by atoms with van der Waals surface area (Å²) < 4.78 is 57.5. The van der Waals surface area contributed by atoms with E-state index in [1.54, 1.807) is 6.92 Å². The fourth-order valence-corrected chi connectivity index (χ4v) is 3.32. The molecule has 0 aromatic carbocycles. The number of ether oxygens (including phenoxy) is 1. The van der Waals surface area contributed by atoms with Gasteiger partial charge in [0, 0.05) is 30.4 Å². The Labute approximate surface area is 191 Å². The summed E-state index contributed by atoms with van der Waals surface area (Å²) in [7, 11) is 0. The smallest absolute Gasteiger partial charge is 0.433 e. The highest BCUT2D eigenvalue weighted by Gasteiger charge is 2.39. The summed E-state index contributed by atoms with van der Waals surface area (Å²) in [5, 5.41) is 2.99. The van der Waals surface area contributed by atoms with Crippen molar-refractivity contribution in [2.24, 2.45) is 0 Å². The van der Waals surface area contributed by atoms with Gasteiger partial charge < -0.3 is 10.1 Å². The highest BCUT2D eigenvalue weighted by molar-refractivity contribution is 5.89. The van der Waals surface area contributed by atoms with Crippen LogP contribution in [-0.2, 0) is 10.9 Å². The molecule has 3 aromatic rings. The molecule has 1 aliphatic rings. The van der Waals surface area contributed by atoms with Gasteiger partial charge in [0.15, 0.2) is 0 Å². The normalized spacial score (nSPS) is 17.9. The molecule has 13 heteroatoms. The Balaban J connectivity index is 1.49. The Morgan fingerprint density at radius 2 is 1.79 bits per heavy atom. The third kappa shape index (κ3) is 4.87. The van der Waals surface area contributed by atoms with E-state index in [1.165, 1.54) is 37.6 Å². The molecule has 4 rings (SSSR count). The lowest BCUT2D eigenvalue weighted by Gasteiger charge is -2.22. The first-order valence-corrected chi connectivity index (χ1v) is 10.2. The number of halogens is 4. The molecule has 34 heavy (non-hydrogen) atoms. The highest BCUT2D eigenvalue weighted by Crippen LogP contribution is 2.30. The van der Waals surface area contributed by atoms with Crippen LogP contribution in [0.15, 0.2) is 43.0 Å². The van der Waals surface area contributed by atoms with Crippen LogP contribution in [0.25, 0.3) is 11.1 Å². The first-order chi connectivity index (χ1) is 16.1. The van der Waals surface area contributed by atoms with Crippen LogP contribution < -0.4 is 10.2 Å². The predicted molar refractivity (Wildman–Crippen MR) is 113 cm³/mol. The third-order valence-electron chi connectivity index (χ3n) is 5.11. The second-order valence-corrected chi connectivity index (χ2v) is 7.55. The van der Waals surface area contributed by atoms with Gasteiger partial charge in [0.25, 0.3) is 0 Å². The van der Waals surface area contributed by atoms with Gasteiger partial charge in [-0.15, -0.1) is 0 Å². The van der Waals surface area contributed by atoms with Crippen molar-refractivity contribution in [2.45, 2.75) is 38.3 Å². The van der Waals surface area contributed by atoms with Crippen molar-refractivity contribution >= 4 is 17.9 Å². The second-order valence-electron chi connectivity index (χ2n) is 7.55. The number of hydrogen-bond acceptors (Lipinski definition) is 8. The first-order valence-electron chi connectivity index (χ1n) is 10.2. The Morgan fingerprint density at radius 3 is 2.47 bits per heavy atom. The lowest BCUT2D eigenvalue weighted by Crippen LogP contribution is -2.39. The molecular formula is C21H19F4N7O2. The monoisotopic (exact) mass is 477 g/mol. The van der Waals surface area contributed by atoms with Crippen LogP contribution in [0.5, 0.6) is 0 Å². The van der Waals surface area contributed by atoms with Gasteiger partial charge in [-0.1, -0.05) is 0 Å². The Hall–Kier alpha value is -3.90. The molecule has 178 valence electrons. The third-order valence-corrected chi connectivity index (χ3v) is 5.11. The van der Waals surface area contributed by atoms with E-state index >= 15 is 0 Å². The maximum Gasteiger partial charge on any atom is 0.433 e. The SMILES string of the molecule is C[C@H](Nc1nccc(N2C(=O)OCC2[C@H](C)F)n1)c1ncc(-c2ccnc(C(F)(F)F)c2)cn1. The number of carbonyl (C=O) groups excluding carboxylic acids is 1. The molecule has 1 saturated heterocycles. The minimum atomic E-state index is -4.56. The lowest BCUT2D eigenvalue weighted by molar-refractivity contribution is -0.141. The summed E-state index contributed by atoms with van der Waals surface area (Å²) in [6.45, 7) is 2.98. The molecule has 9 nitrogen and oxygen atoms in total. The van der Waals surface area contributed by atoms with Crippen molar-refractivity contribution in [3.05, 3.63) is 54.5 Å². The molecule has 4 heterocycles. The van der Waals surface area contributed by atoms with E-state index in [-0.39, 0.29) is 23.9 Å². The van der Waals surface area contributed by atoms with Crippen molar-refractivity contribution in [3.8, 4) is 11.1 Å². The number of hydrogen-bond donors (Lipinski definition) is 1. The van der Waals surface area contributed by atoms with Crippen molar-refractivity contribution < 1.29 is 27.1 Å². The van der Waals surface area contributed by atoms with E-state index in [0.29, 0.717) is 11.4 Å². The van der Waals surface area contributed by atoms with E-state index < -0.39 is 36.2 Å². The molecule has 3 atom stereocenters. The van der Waals surface area contributed by atoms with Gasteiger partial charge in [-0.25, -0.2) is 24.1 Å². The zero-order valence-electron chi connectivity index (χ0n) is 18.0. The summed E-state index contributed by atoms with van der Waals surface area (Å²) in [6.07, 6.45) is -1.29. The van der Waals surface area contributed by atoms with Crippen molar-refractivity contribution in [1.82, 2.24) is 24.9 Å². The molecule has 0 bridgehead atoms. The zero-order valence-corrected chi connectivity index (χ0v) is 18.0. The van der Waals surface area contributed by atoms with Crippen LogP contribution in [-0.4, -0.2) is 49.8 Å². The lowest BCUT2D eigenvalue weighted by atomic mass is 10.1. The van der Waals surface area contributed by atoms with Crippen LogP contribution in [0.3, 0.4) is 0 Å². The molecule has 1 unspecified atom stereocenters. The molecule has 3 aromatic heterocycles. The van der Waals surface area contributed by atoms with Crippen LogP contribution in [0.1, 0.15) is 31.4 Å². The van der Waals surface area contributed by atoms with Crippen LogP contribution in [0.2, 0.25) is 0 Å². The standard InChI is InChI=1S/C21H19F4N7O2/c1-11(22)15-10-34-20(33)32(15)17-4-6-27-19(31-17)30-12(2)18-28-8-14(9-29-18)13-3-5-26-16(7-13)21(23,24)25/h3-9,11-12,15H,10H2,1-2H3,(H,27,30,31)/t11-,12-,15?/m0/s1. The Morgan fingerprint density at radius 1 is 1.09 bits per heavy atom. The number of anilines is 2. The maximum atomic E-state index is 13.9. The maximum absolute atomic E-state index is 13.9. The van der Waals surface area contributed by atoms with Gasteiger partial charge in [0.1, 0.15) is 36.2 Å². The van der Waals surface area contributed by atoms with Gasteiger partial charge in [-0.3, -0.25) is 9.88 Å². The van der Waals surface area contributed by atoms with E-state index in [1.807, 2.05) is 0 Å². The van der Waals surface area contributed by atoms with E-state index in [2.05, 4.69) is 30.2 Å². The number of nitrogens with one attached hydrogen (secondary N) is 1. The molecule has 0 spiro atoms. The fourth-order valence-electron chi connectivity index (χ4n) is 3.32. The number of aromatic nitrogens is 5.